The van der Waals surface area contributed by atoms with E-state index in [4.69, 9.17) is 0 Å². The summed E-state index contributed by atoms with van der Waals surface area (Å²) in [6, 6.07) is 21.2. The van der Waals surface area contributed by atoms with Gasteiger partial charge in [-0.1, -0.05) is 60.7 Å². The van der Waals surface area contributed by atoms with E-state index in [1.165, 1.54) is 0 Å². The molecule has 21 heavy (non-hydrogen) atoms. The minimum absolute atomic E-state index is 0.761. The number of hydrogen-bond donors (Lipinski definition) is 0. The maximum absolute atomic E-state index is 14.0. The first-order chi connectivity index (χ1) is 10.1. The van der Waals surface area contributed by atoms with Crippen LogP contribution in [0.5, 0.6) is 0 Å². The highest BCUT2D eigenvalue weighted by molar-refractivity contribution is 7.85. The Labute approximate surface area is 124 Å². The minimum atomic E-state index is -2.89. The Hall–Kier alpha value is -2.12. The van der Waals surface area contributed by atoms with Gasteiger partial charge in [-0.3, -0.25) is 4.68 Å². The summed E-state index contributed by atoms with van der Waals surface area (Å²) >= 11 is 0. The van der Waals surface area contributed by atoms with Crippen molar-refractivity contribution in [2.75, 3.05) is 0 Å². The lowest BCUT2D eigenvalue weighted by Gasteiger charge is -2.19. The fraction of sp³-hybridized carbons (Fsp3) is 0.118. The van der Waals surface area contributed by atoms with Crippen LogP contribution in [0.25, 0.3) is 0 Å². The largest absolute Gasteiger partial charge is 0.307 e. The lowest BCUT2D eigenvalue weighted by Crippen LogP contribution is -2.29. The average Bonchev–Trinajstić information content (AvgIpc) is 2.87. The highest BCUT2D eigenvalue weighted by Crippen LogP contribution is 2.42. The molecule has 0 bridgehead atoms. The summed E-state index contributed by atoms with van der Waals surface area (Å²) in [6.07, 6.45) is 0. The third kappa shape index (κ3) is 2.34. The average molecular weight is 296 g/mol. The predicted molar refractivity (Wildman–Crippen MR) is 87.3 cm³/mol. The molecule has 2 aromatic carbocycles. The van der Waals surface area contributed by atoms with Gasteiger partial charge in [-0.25, -0.2) is 0 Å². The van der Waals surface area contributed by atoms with E-state index >= 15 is 0 Å². The molecule has 1 aromatic heterocycles. The fourth-order valence-corrected chi connectivity index (χ4v) is 5.41. The van der Waals surface area contributed by atoms with Crippen LogP contribution < -0.4 is 16.0 Å². The van der Waals surface area contributed by atoms with Crippen molar-refractivity contribution in [3.05, 3.63) is 72.4 Å². The summed E-state index contributed by atoms with van der Waals surface area (Å²) in [7, 11) is -1.04. The summed E-state index contributed by atoms with van der Waals surface area (Å²) in [5, 5.41) is 6.04. The summed E-state index contributed by atoms with van der Waals surface area (Å²) in [5.41, 5.74) is 1.64. The van der Waals surface area contributed by atoms with Crippen molar-refractivity contribution >= 4 is 23.2 Å². The number of hydrogen-bond acceptors (Lipinski definition) is 2. The van der Waals surface area contributed by atoms with E-state index in [1.807, 2.05) is 80.7 Å². The van der Waals surface area contributed by atoms with Crippen molar-refractivity contribution in [1.29, 1.82) is 0 Å². The van der Waals surface area contributed by atoms with E-state index in [-0.39, 0.29) is 0 Å². The molecule has 0 spiro atoms. The summed E-state index contributed by atoms with van der Waals surface area (Å²) in [5.74, 6) is 0. The van der Waals surface area contributed by atoms with E-state index in [1.54, 1.807) is 4.68 Å². The van der Waals surface area contributed by atoms with Gasteiger partial charge < -0.3 is 4.57 Å². The van der Waals surface area contributed by atoms with Gasteiger partial charge in [0.2, 0.25) is 0 Å². The van der Waals surface area contributed by atoms with Crippen LogP contribution in [0.2, 0.25) is 0 Å². The van der Waals surface area contributed by atoms with Gasteiger partial charge in [-0.2, -0.15) is 5.10 Å². The molecule has 0 aliphatic heterocycles. The van der Waals surface area contributed by atoms with Crippen LogP contribution in [0.15, 0.2) is 66.7 Å². The van der Waals surface area contributed by atoms with Gasteiger partial charge in [-0.05, 0) is 13.0 Å². The zero-order valence-corrected chi connectivity index (χ0v) is 13.0. The van der Waals surface area contributed by atoms with Gasteiger partial charge in [0.25, 0.3) is 0 Å². The first-order valence-corrected chi connectivity index (χ1v) is 8.55. The molecule has 0 saturated carbocycles. The highest BCUT2D eigenvalue weighted by Gasteiger charge is 2.32. The molecular formula is C17H17N2OP. The van der Waals surface area contributed by atoms with Crippen molar-refractivity contribution < 1.29 is 4.57 Å². The van der Waals surface area contributed by atoms with Gasteiger partial charge >= 0.3 is 0 Å². The normalized spacial score (nSPS) is 11.5. The van der Waals surface area contributed by atoms with Gasteiger partial charge in [0.05, 0.1) is 5.69 Å². The van der Waals surface area contributed by atoms with Crippen LogP contribution in [-0.4, -0.2) is 9.78 Å². The Morgan fingerprint density at radius 3 is 1.76 bits per heavy atom. The zero-order chi connectivity index (χ0) is 14.9. The minimum Gasteiger partial charge on any atom is -0.307 e. The van der Waals surface area contributed by atoms with Gasteiger partial charge in [0, 0.05) is 17.7 Å². The van der Waals surface area contributed by atoms with E-state index in [9.17, 15) is 4.57 Å². The maximum Gasteiger partial charge on any atom is 0.188 e. The number of aryl methyl sites for hydroxylation is 2. The Kier molecular flexibility index (Phi) is 3.52. The molecule has 0 amide bonds. The van der Waals surface area contributed by atoms with Crippen molar-refractivity contribution in [3.8, 4) is 0 Å². The number of rotatable bonds is 3. The molecule has 106 valence electrons. The first-order valence-electron chi connectivity index (χ1n) is 6.85. The van der Waals surface area contributed by atoms with E-state index < -0.39 is 7.14 Å². The van der Waals surface area contributed by atoms with Gasteiger partial charge in [0.1, 0.15) is 5.44 Å². The lowest BCUT2D eigenvalue weighted by atomic mass is 10.4. The van der Waals surface area contributed by atoms with Gasteiger partial charge in [0.15, 0.2) is 7.14 Å². The van der Waals surface area contributed by atoms with Crippen molar-refractivity contribution in [3.63, 3.8) is 0 Å². The molecule has 0 atom stereocenters. The maximum atomic E-state index is 14.0. The third-order valence-corrected chi connectivity index (χ3v) is 6.65. The quantitative estimate of drug-likeness (QED) is 0.696. The van der Waals surface area contributed by atoms with Crippen molar-refractivity contribution in [1.82, 2.24) is 9.78 Å². The molecule has 0 aliphatic carbocycles. The molecule has 0 radical (unpaired) electrons. The molecular weight excluding hydrogens is 279 g/mol. The topological polar surface area (TPSA) is 34.9 Å². The zero-order valence-electron chi connectivity index (χ0n) is 12.1. The van der Waals surface area contributed by atoms with Crippen LogP contribution in [0.3, 0.4) is 0 Å². The van der Waals surface area contributed by atoms with Crippen molar-refractivity contribution in [2.24, 2.45) is 7.05 Å². The Bertz CT molecular complexity index is 751. The number of benzene rings is 2. The second kappa shape index (κ2) is 5.34. The molecule has 1 heterocycles. The SMILES string of the molecule is Cc1cc(P(=O)(c2ccccc2)c2ccccc2)n(C)n1. The molecule has 0 aliphatic rings. The molecule has 0 fully saturated rings. The first kappa shape index (κ1) is 13.8. The summed E-state index contributed by atoms with van der Waals surface area (Å²) in [4.78, 5) is 0. The van der Waals surface area contributed by atoms with E-state index in [2.05, 4.69) is 5.10 Å². The predicted octanol–water partition coefficient (Wildman–Crippen LogP) is 2.37. The molecule has 3 aromatic rings. The van der Waals surface area contributed by atoms with E-state index in [0.29, 0.717) is 0 Å². The molecule has 0 N–H and O–H groups in total. The second-order valence-corrected chi connectivity index (χ2v) is 7.76. The Balaban J connectivity index is 2.31. The highest BCUT2D eigenvalue weighted by atomic mass is 31.2. The van der Waals surface area contributed by atoms with Crippen LogP contribution in [-0.2, 0) is 11.6 Å². The smallest absolute Gasteiger partial charge is 0.188 e. The Morgan fingerprint density at radius 1 is 0.905 bits per heavy atom. The van der Waals surface area contributed by atoms with Crippen LogP contribution in [0.1, 0.15) is 5.69 Å². The fourth-order valence-electron chi connectivity index (χ4n) is 2.58. The standard InChI is InChI=1S/C17H17N2OP/c1-14-13-17(19(2)18-14)21(20,15-9-5-3-6-10-15)16-11-7-4-8-12-16/h3-13H,1-2H3. The number of aromatic nitrogens is 2. The summed E-state index contributed by atoms with van der Waals surface area (Å²) in [6.45, 7) is 1.92. The Morgan fingerprint density at radius 2 is 1.38 bits per heavy atom. The third-order valence-electron chi connectivity index (χ3n) is 3.54. The monoisotopic (exact) mass is 296 g/mol. The van der Waals surface area contributed by atoms with Crippen LogP contribution >= 0.6 is 7.14 Å². The molecule has 0 saturated heterocycles. The van der Waals surface area contributed by atoms with Crippen molar-refractivity contribution in [2.45, 2.75) is 6.92 Å². The number of nitrogens with zero attached hydrogens (tertiary/aromatic N) is 2. The van der Waals surface area contributed by atoms with Crippen LogP contribution in [0.4, 0.5) is 0 Å². The molecule has 4 heteroatoms. The molecule has 3 rings (SSSR count). The van der Waals surface area contributed by atoms with Gasteiger partial charge in [-0.15, -0.1) is 0 Å². The van der Waals surface area contributed by atoms with E-state index in [0.717, 1.165) is 21.7 Å². The molecule has 0 unspecified atom stereocenters. The lowest BCUT2D eigenvalue weighted by molar-refractivity contribution is 0.590. The van der Waals surface area contributed by atoms with Crippen LogP contribution in [0, 0.1) is 6.92 Å². The second-order valence-electron chi connectivity index (χ2n) is 5.05. The summed E-state index contributed by atoms with van der Waals surface area (Å²) < 4.78 is 15.7. The molecule has 3 nitrogen and oxygen atoms in total.